The zero-order chi connectivity index (χ0) is 16.5. The second-order valence-electron chi connectivity index (χ2n) is 7.13. The van der Waals surface area contributed by atoms with Gasteiger partial charge in [-0.2, -0.15) is 0 Å². The number of morpholine rings is 1. The lowest BCUT2D eigenvalue weighted by Crippen LogP contribution is -2.58. The number of rotatable bonds is 5. The van der Waals surface area contributed by atoms with Crippen molar-refractivity contribution in [2.75, 3.05) is 32.8 Å². The van der Waals surface area contributed by atoms with Crippen LogP contribution in [0.15, 0.2) is 24.3 Å². The highest BCUT2D eigenvalue weighted by Crippen LogP contribution is 2.47. The second kappa shape index (κ2) is 6.21. The van der Waals surface area contributed by atoms with Crippen molar-refractivity contribution >= 4 is 5.91 Å². The molecule has 2 aliphatic rings. The minimum Gasteiger partial charge on any atom is -0.379 e. The Balaban J connectivity index is 1.61. The topological polar surface area (TPSA) is 41.6 Å². The lowest BCUT2D eigenvalue weighted by atomic mass is 9.94. The summed E-state index contributed by atoms with van der Waals surface area (Å²) in [5.74, 6) is -0.171. The first-order chi connectivity index (χ1) is 10.9. The molecule has 1 heterocycles. The Morgan fingerprint density at radius 1 is 1.26 bits per heavy atom. The van der Waals surface area contributed by atoms with Crippen LogP contribution in [-0.4, -0.2) is 49.2 Å². The Bertz CT molecular complexity index is 561. The quantitative estimate of drug-likeness (QED) is 0.903. The van der Waals surface area contributed by atoms with Gasteiger partial charge in [-0.05, 0) is 44.4 Å². The van der Waals surface area contributed by atoms with Gasteiger partial charge in [0, 0.05) is 25.0 Å². The second-order valence-corrected chi connectivity index (χ2v) is 7.13. The van der Waals surface area contributed by atoms with E-state index in [1.807, 2.05) is 26.0 Å². The summed E-state index contributed by atoms with van der Waals surface area (Å²) in [5.41, 5.74) is 0.566. The molecule has 1 saturated heterocycles. The number of nitrogens with one attached hydrogen (secondary N) is 1. The molecule has 3 rings (SSSR count). The molecule has 5 heteroatoms. The first kappa shape index (κ1) is 16.4. The highest BCUT2D eigenvalue weighted by Gasteiger charge is 2.45. The zero-order valence-electron chi connectivity index (χ0n) is 13.9. The van der Waals surface area contributed by atoms with Gasteiger partial charge in [0.15, 0.2) is 0 Å². The van der Waals surface area contributed by atoms with Crippen LogP contribution in [0.1, 0.15) is 32.3 Å². The molecule has 1 aliphatic heterocycles. The van der Waals surface area contributed by atoms with Gasteiger partial charge >= 0.3 is 0 Å². The van der Waals surface area contributed by atoms with Gasteiger partial charge in [-0.1, -0.05) is 12.1 Å². The van der Waals surface area contributed by atoms with E-state index < -0.39 is 5.54 Å². The average Bonchev–Trinajstić information content (AvgIpc) is 3.35. The van der Waals surface area contributed by atoms with Crippen LogP contribution in [0.3, 0.4) is 0 Å². The van der Waals surface area contributed by atoms with Crippen molar-refractivity contribution in [3.8, 4) is 0 Å². The fourth-order valence-corrected chi connectivity index (χ4v) is 3.25. The molecule has 0 aromatic heterocycles. The highest BCUT2D eigenvalue weighted by molar-refractivity contribution is 5.85. The lowest BCUT2D eigenvalue weighted by Gasteiger charge is -2.39. The Kier molecular flexibility index (Phi) is 4.43. The molecule has 23 heavy (non-hydrogen) atoms. The molecule has 2 fully saturated rings. The van der Waals surface area contributed by atoms with E-state index in [1.165, 1.54) is 12.1 Å². The molecule has 1 aliphatic carbocycles. The number of carbonyl (C=O) groups is 1. The van der Waals surface area contributed by atoms with Crippen LogP contribution in [0.25, 0.3) is 0 Å². The first-order valence-corrected chi connectivity index (χ1v) is 8.31. The van der Waals surface area contributed by atoms with Gasteiger partial charge < -0.3 is 10.1 Å². The minimum absolute atomic E-state index is 0.00947. The summed E-state index contributed by atoms with van der Waals surface area (Å²) in [6, 6.07) is 6.66. The van der Waals surface area contributed by atoms with Crippen LogP contribution in [0, 0.1) is 5.82 Å². The van der Waals surface area contributed by atoms with E-state index >= 15 is 0 Å². The number of hydrogen-bond acceptors (Lipinski definition) is 3. The van der Waals surface area contributed by atoms with Crippen LogP contribution in [0.4, 0.5) is 4.39 Å². The summed E-state index contributed by atoms with van der Waals surface area (Å²) in [5, 5.41) is 3.12. The predicted molar refractivity (Wildman–Crippen MR) is 86.8 cm³/mol. The van der Waals surface area contributed by atoms with E-state index in [4.69, 9.17) is 4.74 Å². The SMILES string of the molecule is CC(C)(C(=O)NCC1(c2ccc(F)cc2)CC1)N1CCOCC1. The summed E-state index contributed by atoms with van der Waals surface area (Å²) in [7, 11) is 0. The smallest absolute Gasteiger partial charge is 0.239 e. The van der Waals surface area contributed by atoms with Crippen molar-refractivity contribution in [2.45, 2.75) is 37.6 Å². The molecule has 1 amide bonds. The van der Waals surface area contributed by atoms with Gasteiger partial charge in [-0.3, -0.25) is 9.69 Å². The number of halogens is 1. The highest BCUT2D eigenvalue weighted by atomic mass is 19.1. The van der Waals surface area contributed by atoms with E-state index in [9.17, 15) is 9.18 Å². The molecule has 1 aromatic rings. The molecule has 0 atom stereocenters. The Hall–Kier alpha value is -1.46. The molecule has 0 unspecified atom stereocenters. The summed E-state index contributed by atoms with van der Waals surface area (Å²) >= 11 is 0. The van der Waals surface area contributed by atoms with Gasteiger partial charge in [-0.15, -0.1) is 0 Å². The van der Waals surface area contributed by atoms with Gasteiger partial charge in [-0.25, -0.2) is 4.39 Å². The normalized spacial score (nSPS) is 21.0. The number of nitrogens with zero attached hydrogens (tertiary/aromatic N) is 1. The molecule has 0 bridgehead atoms. The van der Waals surface area contributed by atoms with Crippen LogP contribution in [0.5, 0.6) is 0 Å². The lowest BCUT2D eigenvalue weighted by molar-refractivity contribution is -0.134. The number of amides is 1. The number of ether oxygens (including phenoxy) is 1. The van der Waals surface area contributed by atoms with Crippen molar-refractivity contribution in [3.05, 3.63) is 35.6 Å². The van der Waals surface area contributed by atoms with Gasteiger partial charge in [0.2, 0.25) is 5.91 Å². The Morgan fingerprint density at radius 2 is 1.87 bits per heavy atom. The van der Waals surface area contributed by atoms with E-state index in [-0.39, 0.29) is 17.1 Å². The number of benzene rings is 1. The number of carbonyl (C=O) groups excluding carboxylic acids is 1. The fourth-order valence-electron chi connectivity index (χ4n) is 3.25. The Labute approximate surface area is 137 Å². The molecule has 1 N–H and O–H groups in total. The van der Waals surface area contributed by atoms with E-state index in [0.29, 0.717) is 19.8 Å². The molecule has 4 nitrogen and oxygen atoms in total. The van der Waals surface area contributed by atoms with Crippen LogP contribution in [0.2, 0.25) is 0 Å². The van der Waals surface area contributed by atoms with E-state index in [2.05, 4.69) is 10.2 Å². The summed E-state index contributed by atoms with van der Waals surface area (Å²) in [6.07, 6.45) is 2.08. The fraction of sp³-hybridized carbons (Fsp3) is 0.611. The third kappa shape index (κ3) is 3.40. The standard InChI is InChI=1S/C18H25FN2O2/c1-17(2,21-9-11-23-12-10-21)16(22)20-13-18(7-8-18)14-3-5-15(19)6-4-14/h3-6H,7-13H2,1-2H3,(H,20,22). The maximum atomic E-state index is 13.1. The average molecular weight is 320 g/mol. The zero-order valence-corrected chi connectivity index (χ0v) is 13.9. The molecule has 1 aromatic carbocycles. The summed E-state index contributed by atoms with van der Waals surface area (Å²) in [4.78, 5) is 14.8. The van der Waals surface area contributed by atoms with E-state index in [1.54, 1.807) is 0 Å². The molecular formula is C18H25FN2O2. The maximum Gasteiger partial charge on any atom is 0.239 e. The van der Waals surface area contributed by atoms with Crippen molar-refractivity contribution in [3.63, 3.8) is 0 Å². The maximum absolute atomic E-state index is 13.1. The van der Waals surface area contributed by atoms with Gasteiger partial charge in [0.1, 0.15) is 5.82 Å². The van der Waals surface area contributed by atoms with Crippen LogP contribution < -0.4 is 5.32 Å². The van der Waals surface area contributed by atoms with Crippen LogP contribution >= 0.6 is 0 Å². The minimum atomic E-state index is -0.539. The third-order valence-electron chi connectivity index (χ3n) is 5.25. The molecular weight excluding hydrogens is 295 g/mol. The molecule has 0 spiro atoms. The summed E-state index contributed by atoms with van der Waals surface area (Å²) in [6.45, 7) is 7.46. The van der Waals surface area contributed by atoms with Crippen LogP contribution in [-0.2, 0) is 14.9 Å². The first-order valence-electron chi connectivity index (χ1n) is 8.31. The Morgan fingerprint density at radius 3 is 2.43 bits per heavy atom. The molecule has 126 valence electrons. The third-order valence-corrected chi connectivity index (χ3v) is 5.25. The van der Waals surface area contributed by atoms with Crippen molar-refractivity contribution < 1.29 is 13.9 Å². The number of hydrogen-bond donors (Lipinski definition) is 1. The largest absolute Gasteiger partial charge is 0.379 e. The van der Waals surface area contributed by atoms with Crippen molar-refractivity contribution in [1.82, 2.24) is 10.2 Å². The molecule has 1 saturated carbocycles. The van der Waals surface area contributed by atoms with Crippen molar-refractivity contribution in [1.29, 1.82) is 0 Å². The predicted octanol–water partition coefficient (Wildman–Crippen LogP) is 2.08. The monoisotopic (exact) mass is 320 g/mol. The van der Waals surface area contributed by atoms with Gasteiger partial charge in [0.05, 0.1) is 18.8 Å². The molecule has 0 radical (unpaired) electrons. The summed E-state index contributed by atoms with van der Waals surface area (Å²) < 4.78 is 18.4. The van der Waals surface area contributed by atoms with Crippen molar-refractivity contribution in [2.24, 2.45) is 0 Å². The van der Waals surface area contributed by atoms with E-state index in [0.717, 1.165) is 31.5 Å². The van der Waals surface area contributed by atoms with Gasteiger partial charge in [0.25, 0.3) is 0 Å².